The number of furan rings is 1. The predicted molar refractivity (Wildman–Crippen MR) is 80.5 cm³/mol. The molecule has 3 N–H and O–H groups in total. The number of aromatic nitrogens is 2. The number of aryl methyl sites for hydroxylation is 1. The number of nitrogens with one attached hydrogen (secondary N) is 1. The minimum Gasteiger partial charge on any atom is -0.459 e. The number of hydrogen-bond donors (Lipinski definition) is 2. The van der Waals surface area contributed by atoms with Gasteiger partial charge in [0.2, 0.25) is 0 Å². The molecule has 108 valence electrons. The molecule has 0 amide bonds. The van der Waals surface area contributed by atoms with Crippen LogP contribution in [0, 0.1) is 5.82 Å². The van der Waals surface area contributed by atoms with Gasteiger partial charge >= 0.3 is 0 Å². The monoisotopic (exact) mass is 305 g/mol. The highest BCUT2D eigenvalue weighted by atomic mass is 35.5. The van der Waals surface area contributed by atoms with Crippen molar-refractivity contribution >= 4 is 17.4 Å². The van der Waals surface area contributed by atoms with Gasteiger partial charge < -0.3 is 10.2 Å². The number of aromatic amines is 1. The Morgan fingerprint density at radius 3 is 2.76 bits per heavy atom. The summed E-state index contributed by atoms with van der Waals surface area (Å²) >= 11 is 6.12. The van der Waals surface area contributed by atoms with Crippen LogP contribution < -0.4 is 5.73 Å². The maximum atomic E-state index is 14.1. The molecule has 0 saturated carbocycles. The lowest BCUT2D eigenvalue weighted by molar-refractivity contribution is 0.527. The molecule has 0 fully saturated rings. The topological polar surface area (TPSA) is 67.8 Å². The van der Waals surface area contributed by atoms with Gasteiger partial charge in [-0.05, 0) is 24.3 Å². The van der Waals surface area contributed by atoms with E-state index in [1.165, 1.54) is 6.07 Å². The van der Waals surface area contributed by atoms with Crippen molar-refractivity contribution in [3.05, 3.63) is 46.9 Å². The molecule has 0 aliphatic carbocycles. The number of benzene rings is 1. The van der Waals surface area contributed by atoms with Crippen LogP contribution in [0.1, 0.15) is 12.7 Å². The smallest absolute Gasteiger partial charge is 0.154 e. The Morgan fingerprint density at radius 2 is 2.10 bits per heavy atom. The summed E-state index contributed by atoms with van der Waals surface area (Å²) < 4.78 is 19.8. The fourth-order valence-corrected chi connectivity index (χ4v) is 2.48. The predicted octanol–water partition coefficient (Wildman–Crippen LogP) is 4.27. The van der Waals surface area contributed by atoms with Crippen molar-refractivity contribution in [1.29, 1.82) is 0 Å². The van der Waals surface area contributed by atoms with E-state index in [0.29, 0.717) is 17.0 Å². The van der Waals surface area contributed by atoms with Gasteiger partial charge in [0.05, 0.1) is 10.6 Å². The highest BCUT2D eigenvalue weighted by molar-refractivity contribution is 6.33. The summed E-state index contributed by atoms with van der Waals surface area (Å²) in [6.07, 6.45) is 0.763. The zero-order valence-corrected chi connectivity index (χ0v) is 12.0. The summed E-state index contributed by atoms with van der Waals surface area (Å²) in [5.74, 6) is 1.08. The minimum atomic E-state index is -0.459. The Hall–Kier alpha value is -2.27. The van der Waals surface area contributed by atoms with E-state index in [4.69, 9.17) is 21.8 Å². The van der Waals surface area contributed by atoms with Crippen LogP contribution in [-0.4, -0.2) is 10.2 Å². The SMILES string of the molecule is CCc1ccc(-c2[nH]nc(N)c2-c2c(F)cccc2Cl)o1. The lowest BCUT2D eigenvalue weighted by atomic mass is 10.0. The van der Waals surface area contributed by atoms with Gasteiger partial charge in [-0.15, -0.1) is 0 Å². The molecule has 2 heterocycles. The molecule has 6 heteroatoms. The van der Waals surface area contributed by atoms with Crippen LogP contribution in [0.25, 0.3) is 22.6 Å². The van der Waals surface area contributed by atoms with Crippen LogP contribution in [0.4, 0.5) is 10.2 Å². The minimum absolute atomic E-state index is 0.173. The fraction of sp³-hybridized carbons (Fsp3) is 0.133. The zero-order valence-electron chi connectivity index (χ0n) is 11.3. The van der Waals surface area contributed by atoms with E-state index in [2.05, 4.69) is 10.2 Å². The zero-order chi connectivity index (χ0) is 15.0. The molecule has 21 heavy (non-hydrogen) atoms. The van der Waals surface area contributed by atoms with Crippen LogP contribution in [0.15, 0.2) is 34.7 Å². The van der Waals surface area contributed by atoms with Crippen molar-refractivity contribution in [3.63, 3.8) is 0 Å². The number of nitrogens with two attached hydrogens (primary N) is 1. The van der Waals surface area contributed by atoms with Crippen LogP contribution in [0.5, 0.6) is 0 Å². The molecule has 0 saturated heterocycles. The van der Waals surface area contributed by atoms with Gasteiger partial charge in [0.25, 0.3) is 0 Å². The summed E-state index contributed by atoms with van der Waals surface area (Å²) in [5, 5.41) is 7.01. The number of nitrogens with zero attached hydrogens (tertiary/aromatic N) is 1. The van der Waals surface area contributed by atoms with E-state index in [1.807, 2.05) is 13.0 Å². The molecule has 2 aromatic heterocycles. The molecule has 1 aromatic carbocycles. The molecule has 0 bridgehead atoms. The number of rotatable bonds is 3. The van der Waals surface area contributed by atoms with E-state index < -0.39 is 5.82 Å². The maximum Gasteiger partial charge on any atom is 0.154 e. The van der Waals surface area contributed by atoms with Gasteiger partial charge in [0, 0.05) is 12.0 Å². The van der Waals surface area contributed by atoms with Gasteiger partial charge in [-0.2, -0.15) is 5.10 Å². The first kappa shape index (κ1) is 13.7. The van der Waals surface area contributed by atoms with E-state index >= 15 is 0 Å². The Balaban J connectivity index is 2.22. The normalized spacial score (nSPS) is 11.0. The molecule has 0 radical (unpaired) electrons. The van der Waals surface area contributed by atoms with E-state index in [-0.39, 0.29) is 16.4 Å². The molecule has 0 atom stereocenters. The van der Waals surface area contributed by atoms with Crippen molar-refractivity contribution in [3.8, 4) is 22.6 Å². The second kappa shape index (κ2) is 5.26. The van der Waals surface area contributed by atoms with Crippen LogP contribution >= 0.6 is 11.6 Å². The third-order valence-electron chi connectivity index (χ3n) is 3.26. The Morgan fingerprint density at radius 1 is 1.29 bits per heavy atom. The highest BCUT2D eigenvalue weighted by Crippen LogP contribution is 2.40. The lowest BCUT2D eigenvalue weighted by Gasteiger charge is -2.06. The van der Waals surface area contributed by atoms with E-state index in [0.717, 1.165) is 12.2 Å². The maximum absolute atomic E-state index is 14.1. The van der Waals surface area contributed by atoms with Gasteiger partial charge in [0.15, 0.2) is 11.6 Å². The second-order valence-corrected chi connectivity index (χ2v) is 4.98. The quantitative estimate of drug-likeness (QED) is 0.759. The highest BCUT2D eigenvalue weighted by Gasteiger charge is 2.22. The standard InChI is InChI=1S/C15H13ClFN3O/c1-2-8-6-7-11(21-8)14-13(15(18)20-19-14)12-9(16)4-3-5-10(12)17/h3-7H,2H2,1H3,(H3,18,19,20). The van der Waals surface area contributed by atoms with Crippen LogP contribution in [-0.2, 0) is 6.42 Å². The number of H-pyrrole nitrogens is 1. The lowest BCUT2D eigenvalue weighted by Crippen LogP contribution is -1.92. The van der Waals surface area contributed by atoms with Crippen molar-refractivity contribution in [2.45, 2.75) is 13.3 Å². The van der Waals surface area contributed by atoms with Gasteiger partial charge in [-0.3, -0.25) is 5.10 Å². The molecule has 0 aliphatic heterocycles. The average Bonchev–Trinajstić information content (AvgIpc) is 3.06. The second-order valence-electron chi connectivity index (χ2n) is 4.58. The number of hydrogen-bond acceptors (Lipinski definition) is 3. The summed E-state index contributed by atoms with van der Waals surface area (Å²) in [6.45, 7) is 1.98. The number of anilines is 1. The van der Waals surface area contributed by atoms with Crippen molar-refractivity contribution in [1.82, 2.24) is 10.2 Å². The first-order chi connectivity index (χ1) is 10.1. The Bertz CT molecular complexity index is 774. The molecular formula is C15H13ClFN3O. The fourth-order valence-electron chi connectivity index (χ4n) is 2.23. The van der Waals surface area contributed by atoms with Crippen LogP contribution in [0.3, 0.4) is 0 Å². The molecule has 0 aliphatic rings. The van der Waals surface area contributed by atoms with Crippen molar-refractivity contribution < 1.29 is 8.81 Å². The van der Waals surface area contributed by atoms with Gasteiger partial charge in [0.1, 0.15) is 17.3 Å². The van der Waals surface area contributed by atoms with Gasteiger partial charge in [-0.1, -0.05) is 24.6 Å². The molecule has 0 unspecified atom stereocenters. The first-order valence-corrected chi connectivity index (χ1v) is 6.87. The molecule has 0 spiro atoms. The van der Waals surface area contributed by atoms with Crippen molar-refractivity contribution in [2.24, 2.45) is 0 Å². The molecule has 3 rings (SSSR count). The van der Waals surface area contributed by atoms with E-state index in [9.17, 15) is 4.39 Å². The number of nitrogen functional groups attached to an aromatic ring is 1. The summed E-state index contributed by atoms with van der Waals surface area (Å²) in [6, 6.07) is 8.13. The largest absolute Gasteiger partial charge is 0.459 e. The molecule has 4 nitrogen and oxygen atoms in total. The summed E-state index contributed by atoms with van der Waals surface area (Å²) in [7, 11) is 0. The van der Waals surface area contributed by atoms with Crippen LogP contribution in [0.2, 0.25) is 5.02 Å². The Labute approximate surface area is 125 Å². The summed E-state index contributed by atoms with van der Waals surface area (Å²) in [5.41, 5.74) is 7.02. The third kappa shape index (κ3) is 2.29. The molecule has 3 aromatic rings. The molecular weight excluding hydrogens is 293 g/mol. The third-order valence-corrected chi connectivity index (χ3v) is 3.58. The van der Waals surface area contributed by atoms with E-state index in [1.54, 1.807) is 18.2 Å². The number of halogens is 2. The van der Waals surface area contributed by atoms with Crippen molar-refractivity contribution in [2.75, 3.05) is 5.73 Å². The Kier molecular flexibility index (Phi) is 3.43. The summed E-state index contributed by atoms with van der Waals surface area (Å²) in [4.78, 5) is 0. The van der Waals surface area contributed by atoms with Gasteiger partial charge in [-0.25, -0.2) is 4.39 Å². The first-order valence-electron chi connectivity index (χ1n) is 6.49. The average molecular weight is 306 g/mol.